The smallest absolute Gasteiger partial charge is 0.138 e. The first-order valence-electron chi connectivity index (χ1n) is 11.0. The Bertz CT molecular complexity index is 1040. The zero-order valence-electron chi connectivity index (χ0n) is 19.3. The van der Waals surface area contributed by atoms with E-state index in [2.05, 4.69) is 35.6 Å². The molecule has 0 bridgehead atoms. The molecular weight excluding hydrogens is 458 g/mol. The van der Waals surface area contributed by atoms with Crippen LogP contribution in [0.3, 0.4) is 0 Å². The third-order valence-electron chi connectivity index (χ3n) is 5.83. The van der Waals surface area contributed by atoms with Gasteiger partial charge >= 0.3 is 0 Å². The van der Waals surface area contributed by atoms with Crippen molar-refractivity contribution in [2.45, 2.75) is 45.9 Å². The molecule has 0 amide bonds. The lowest BCUT2D eigenvalue weighted by molar-refractivity contribution is 0.0650. The molecule has 0 saturated heterocycles. The number of thioether (sulfide) groups is 1. The Kier molecular flexibility index (Phi) is 8.84. The van der Waals surface area contributed by atoms with E-state index in [1.165, 1.54) is 28.5 Å². The number of ether oxygens (including phenoxy) is 1. The summed E-state index contributed by atoms with van der Waals surface area (Å²) in [7, 11) is 0. The molecule has 6 nitrogen and oxygen atoms in total. The van der Waals surface area contributed by atoms with Crippen molar-refractivity contribution in [1.29, 1.82) is 0 Å². The molecule has 2 aromatic carbocycles. The van der Waals surface area contributed by atoms with Crippen LogP contribution in [0.1, 0.15) is 41.7 Å². The maximum atomic E-state index is 9.52. The fourth-order valence-electron chi connectivity index (χ4n) is 4.08. The van der Waals surface area contributed by atoms with Crippen molar-refractivity contribution in [3.8, 4) is 5.75 Å². The topological polar surface area (TPSA) is 91.3 Å². The summed E-state index contributed by atoms with van der Waals surface area (Å²) in [5.41, 5.74) is 5.55. The molecule has 0 radical (unpaired) electrons. The Morgan fingerprint density at radius 1 is 1.27 bits per heavy atom. The summed E-state index contributed by atoms with van der Waals surface area (Å²) in [6, 6.07) is 9.47. The molecular formula is C25H32ClN3O3S. The third kappa shape index (κ3) is 5.91. The van der Waals surface area contributed by atoms with Crippen LogP contribution in [0.5, 0.6) is 5.75 Å². The van der Waals surface area contributed by atoms with E-state index in [1.54, 1.807) is 6.07 Å². The van der Waals surface area contributed by atoms with Gasteiger partial charge in [0.1, 0.15) is 10.8 Å². The summed E-state index contributed by atoms with van der Waals surface area (Å²) >= 11 is 7.81. The number of hydrogen-bond acceptors (Lipinski definition) is 7. The second-order valence-electron chi connectivity index (χ2n) is 8.39. The zero-order chi connectivity index (χ0) is 24.1. The summed E-state index contributed by atoms with van der Waals surface area (Å²) in [5.74, 6) is 6.35. The number of nitrogens with two attached hydrogens (primary N) is 1. The van der Waals surface area contributed by atoms with Gasteiger partial charge in [0.05, 0.1) is 30.4 Å². The van der Waals surface area contributed by atoms with Crippen LogP contribution in [0.4, 0.5) is 0 Å². The largest absolute Gasteiger partial charge is 0.489 e. The molecule has 1 heterocycles. The Balaban J connectivity index is 1.78. The lowest BCUT2D eigenvalue weighted by Crippen LogP contribution is -2.43. The number of hydrogen-bond donors (Lipinski definition) is 3. The number of aliphatic hydroxyl groups excluding tert-OH is 2. The quantitative estimate of drug-likeness (QED) is 0.223. The molecule has 4 N–H and O–H groups in total. The molecule has 3 rings (SSSR count). The van der Waals surface area contributed by atoms with Crippen molar-refractivity contribution in [3.05, 3.63) is 69.8 Å². The average Bonchev–Trinajstić information content (AvgIpc) is 2.79. The molecule has 0 saturated carbocycles. The van der Waals surface area contributed by atoms with Crippen LogP contribution in [0, 0.1) is 6.92 Å². The standard InChI is InChI=1S/C25H32ClN3O3S/c1-15(2)32-24-8-6-18(11-23(24)26)25(28-27)33-17(4)21-7-5-19-12-29(20(13-30)14-31)10-9-22(19)16(21)3/h5-8,11,15,20,30-31H,4,9-10,12-14,27H2,1-3H3/b28-25-. The van der Waals surface area contributed by atoms with E-state index < -0.39 is 0 Å². The van der Waals surface area contributed by atoms with Gasteiger partial charge in [0, 0.05) is 23.6 Å². The van der Waals surface area contributed by atoms with E-state index in [1.807, 2.05) is 26.0 Å². The molecule has 0 atom stereocenters. The number of nitrogens with zero attached hydrogens (tertiary/aromatic N) is 2. The Hall–Kier alpha value is -2.03. The minimum Gasteiger partial charge on any atom is -0.489 e. The molecule has 0 unspecified atom stereocenters. The van der Waals surface area contributed by atoms with Gasteiger partial charge in [-0.05, 0) is 67.6 Å². The number of fused-ring (bicyclic) bond motifs is 1. The fraction of sp³-hybridized carbons (Fsp3) is 0.400. The summed E-state index contributed by atoms with van der Waals surface area (Å²) < 4.78 is 5.71. The second kappa shape index (κ2) is 11.4. The van der Waals surface area contributed by atoms with Crippen LogP contribution in [-0.2, 0) is 13.0 Å². The molecule has 0 fully saturated rings. The number of hydrazone groups is 1. The molecule has 1 aliphatic rings. The van der Waals surface area contributed by atoms with Crippen molar-refractivity contribution >= 4 is 33.3 Å². The highest BCUT2D eigenvalue weighted by Gasteiger charge is 2.25. The maximum Gasteiger partial charge on any atom is 0.138 e. The van der Waals surface area contributed by atoms with Crippen molar-refractivity contribution < 1.29 is 14.9 Å². The SMILES string of the molecule is C=C(S/C(=N\N)c1ccc(OC(C)C)c(Cl)c1)c1ccc2c(c1C)CCN(C(CO)CO)C2. The first-order valence-corrected chi connectivity index (χ1v) is 12.2. The minimum absolute atomic E-state index is 0.0300. The predicted molar refractivity (Wildman–Crippen MR) is 138 cm³/mol. The molecule has 178 valence electrons. The van der Waals surface area contributed by atoms with Crippen molar-refractivity contribution in [2.75, 3.05) is 19.8 Å². The van der Waals surface area contributed by atoms with E-state index in [-0.39, 0.29) is 25.4 Å². The maximum absolute atomic E-state index is 9.52. The number of benzene rings is 2. The highest BCUT2D eigenvalue weighted by atomic mass is 35.5. The molecule has 33 heavy (non-hydrogen) atoms. The average molecular weight is 490 g/mol. The minimum atomic E-state index is -0.226. The van der Waals surface area contributed by atoms with E-state index in [9.17, 15) is 10.2 Å². The van der Waals surface area contributed by atoms with Gasteiger partial charge in [0.25, 0.3) is 0 Å². The van der Waals surface area contributed by atoms with Gasteiger partial charge in [0.15, 0.2) is 0 Å². The third-order valence-corrected chi connectivity index (χ3v) is 7.13. The lowest BCUT2D eigenvalue weighted by atomic mass is 9.91. The second-order valence-corrected chi connectivity index (χ2v) is 9.88. The Morgan fingerprint density at radius 3 is 2.61 bits per heavy atom. The number of aliphatic hydroxyl groups is 2. The highest BCUT2D eigenvalue weighted by Crippen LogP contribution is 2.36. The highest BCUT2D eigenvalue weighted by molar-refractivity contribution is 8.22. The monoisotopic (exact) mass is 489 g/mol. The summed E-state index contributed by atoms with van der Waals surface area (Å²) in [6.07, 6.45) is 0.885. The van der Waals surface area contributed by atoms with Crippen LogP contribution in [0.25, 0.3) is 4.91 Å². The van der Waals surface area contributed by atoms with Crippen LogP contribution in [-0.4, -0.2) is 52.1 Å². The first kappa shape index (κ1) is 25.6. The molecule has 0 aliphatic carbocycles. The van der Waals surface area contributed by atoms with Gasteiger partial charge in [-0.1, -0.05) is 42.1 Å². The molecule has 0 spiro atoms. The summed E-state index contributed by atoms with van der Waals surface area (Å²) in [5, 5.41) is 24.1. The molecule has 0 aromatic heterocycles. The van der Waals surface area contributed by atoms with Gasteiger partial charge in [0.2, 0.25) is 0 Å². The van der Waals surface area contributed by atoms with Crippen molar-refractivity contribution in [3.63, 3.8) is 0 Å². The van der Waals surface area contributed by atoms with E-state index >= 15 is 0 Å². The van der Waals surface area contributed by atoms with Gasteiger partial charge in [-0.25, -0.2) is 0 Å². The molecule has 8 heteroatoms. The van der Waals surface area contributed by atoms with Gasteiger partial charge in [-0.2, -0.15) is 5.10 Å². The Morgan fingerprint density at radius 2 is 2.00 bits per heavy atom. The fourth-order valence-corrected chi connectivity index (χ4v) is 5.17. The number of rotatable bonds is 8. The van der Waals surface area contributed by atoms with E-state index in [0.717, 1.165) is 29.0 Å². The van der Waals surface area contributed by atoms with Gasteiger partial charge in [-0.15, -0.1) is 0 Å². The summed E-state index contributed by atoms with van der Waals surface area (Å²) in [4.78, 5) is 2.98. The number of halogens is 1. The van der Waals surface area contributed by atoms with Gasteiger partial charge in [-0.3, -0.25) is 4.90 Å². The van der Waals surface area contributed by atoms with Gasteiger partial charge < -0.3 is 20.8 Å². The van der Waals surface area contributed by atoms with E-state index in [4.69, 9.17) is 22.2 Å². The molecule has 2 aromatic rings. The lowest BCUT2D eigenvalue weighted by Gasteiger charge is -2.34. The zero-order valence-corrected chi connectivity index (χ0v) is 20.9. The van der Waals surface area contributed by atoms with Crippen molar-refractivity contribution in [2.24, 2.45) is 10.9 Å². The normalized spacial score (nSPS) is 14.6. The first-order chi connectivity index (χ1) is 15.8. The predicted octanol–water partition coefficient (Wildman–Crippen LogP) is 4.17. The van der Waals surface area contributed by atoms with Crippen LogP contribution >= 0.6 is 23.4 Å². The van der Waals surface area contributed by atoms with Crippen LogP contribution in [0.2, 0.25) is 5.02 Å². The molecule has 1 aliphatic heterocycles. The van der Waals surface area contributed by atoms with Crippen LogP contribution in [0.15, 0.2) is 42.0 Å². The van der Waals surface area contributed by atoms with Crippen molar-refractivity contribution in [1.82, 2.24) is 4.90 Å². The van der Waals surface area contributed by atoms with Crippen LogP contribution < -0.4 is 10.6 Å². The Labute approximate surface area is 205 Å². The van der Waals surface area contributed by atoms with E-state index in [0.29, 0.717) is 22.4 Å². The summed E-state index contributed by atoms with van der Waals surface area (Å²) in [6.45, 7) is 11.7.